The van der Waals surface area contributed by atoms with E-state index >= 15 is 0 Å². The van der Waals surface area contributed by atoms with Crippen molar-refractivity contribution in [2.75, 3.05) is 20.8 Å². The van der Waals surface area contributed by atoms with Crippen LogP contribution in [0.25, 0.3) is 0 Å². The molecule has 0 amide bonds. The van der Waals surface area contributed by atoms with Crippen LogP contribution >= 0.6 is 0 Å². The maximum atomic E-state index is 5.89. The summed E-state index contributed by atoms with van der Waals surface area (Å²) in [6, 6.07) is 4.11. The van der Waals surface area contributed by atoms with Crippen LogP contribution in [0, 0.1) is 0 Å². The monoisotopic (exact) mass is 251 g/mol. The van der Waals surface area contributed by atoms with Gasteiger partial charge in [0.2, 0.25) is 0 Å². The number of rotatable bonds is 4. The van der Waals surface area contributed by atoms with Gasteiger partial charge < -0.3 is 19.5 Å². The van der Waals surface area contributed by atoms with Gasteiger partial charge in [-0.1, -0.05) is 6.92 Å². The fraction of sp³-hybridized carbons (Fsp3) is 0.571. The molecule has 0 spiro atoms. The predicted molar refractivity (Wildman–Crippen MR) is 70.7 cm³/mol. The van der Waals surface area contributed by atoms with E-state index in [9.17, 15) is 0 Å². The Morgan fingerprint density at radius 3 is 2.72 bits per heavy atom. The number of ether oxygens (including phenoxy) is 3. The van der Waals surface area contributed by atoms with E-state index in [1.807, 2.05) is 12.1 Å². The fourth-order valence-corrected chi connectivity index (χ4v) is 2.45. The molecule has 2 rings (SSSR count). The molecule has 1 N–H and O–H groups in total. The lowest BCUT2D eigenvalue weighted by Gasteiger charge is -2.32. The van der Waals surface area contributed by atoms with Crippen molar-refractivity contribution >= 4 is 0 Å². The second-order valence-electron chi connectivity index (χ2n) is 4.52. The molecular weight excluding hydrogens is 230 g/mol. The molecule has 0 bridgehead atoms. The first kappa shape index (κ1) is 13.0. The summed E-state index contributed by atoms with van der Waals surface area (Å²) >= 11 is 0. The molecule has 2 atom stereocenters. The zero-order valence-electron chi connectivity index (χ0n) is 11.4. The van der Waals surface area contributed by atoms with E-state index in [4.69, 9.17) is 14.2 Å². The summed E-state index contributed by atoms with van der Waals surface area (Å²) in [6.45, 7) is 5.11. The standard InChI is InChI=1S/C14H21NO3/c1-5-15-11-6-9(2)18-13-8-10(16-3)7-12(17-4)14(11)13/h7-9,11,15H,5-6H2,1-4H3. The average Bonchev–Trinajstić information content (AvgIpc) is 2.37. The molecule has 0 aromatic heterocycles. The second-order valence-corrected chi connectivity index (χ2v) is 4.52. The van der Waals surface area contributed by atoms with E-state index in [2.05, 4.69) is 19.2 Å². The number of nitrogens with one attached hydrogen (secondary N) is 1. The first-order valence-corrected chi connectivity index (χ1v) is 6.35. The molecule has 1 heterocycles. The molecule has 0 aliphatic carbocycles. The van der Waals surface area contributed by atoms with Gasteiger partial charge in [0.15, 0.2) is 0 Å². The summed E-state index contributed by atoms with van der Waals surface area (Å²) in [5, 5.41) is 3.48. The Labute approximate surface area is 108 Å². The lowest BCUT2D eigenvalue weighted by Crippen LogP contribution is -2.31. The molecule has 1 aliphatic rings. The van der Waals surface area contributed by atoms with Crippen molar-refractivity contribution in [1.29, 1.82) is 0 Å². The summed E-state index contributed by atoms with van der Waals surface area (Å²) in [5.74, 6) is 2.44. The molecule has 4 nitrogen and oxygen atoms in total. The van der Waals surface area contributed by atoms with Crippen molar-refractivity contribution in [3.8, 4) is 17.2 Å². The first-order chi connectivity index (χ1) is 8.69. The Balaban J connectivity index is 2.47. The van der Waals surface area contributed by atoms with Gasteiger partial charge in [0.1, 0.15) is 17.2 Å². The molecule has 100 valence electrons. The molecule has 0 saturated carbocycles. The molecule has 18 heavy (non-hydrogen) atoms. The normalized spacial score (nSPS) is 22.0. The van der Waals surface area contributed by atoms with Crippen molar-refractivity contribution in [2.24, 2.45) is 0 Å². The summed E-state index contributed by atoms with van der Waals surface area (Å²) in [5.41, 5.74) is 1.10. The molecule has 0 radical (unpaired) electrons. The molecule has 4 heteroatoms. The van der Waals surface area contributed by atoms with Crippen LogP contribution in [0.3, 0.4) is 0 Å². The van der Waals surface area contributed by atoms with E-state index in [-0.39, 0.29) is 12.1 Å². The average molecular weight is 251 g/mol. The SMILES string of the molecule is CCNC1CC(C)Oc2cc(OC)cc(OC)c21. The summed E-state index contributed by atoms with van der Waals surface area (Å²) in [4.78, 5) is 0. The molecule has 0 saturated heterocycles. The maximum absolute atomic E-state index is 5.89. The van der Waals surface area contributed by atoms with Crippen molar-refractivity contribution in [1.82, 2.24) is 5.32 Å². The zero-order valence-corrected chi connectivity index (χ0v) is 11.4. The number of benzene rings is 1. The van der Waals surface area contributed by atoms with E-state index in [0.29, 0.717) is 0 Å². The van der Waals surface area contributed by atoms with Crippen LogP contribution < -0.4 is 19.5 Å². The van der Waals surface area contributed by atoms with Gasteiger partial charge >= 0.3 is 0 Å². The van der Waals surface area contributed by atoms with Crippen LogP contribution in [0.5, 0.6) is 17.2 Å². The van der Waals surface area contributed by atoms with Crippen LogP contribution in [-0.2, 0) is 0 Å². The molecule has 1 aliphatic heterocycles. The summed E-state index contributed by atoms with van der Waals surface area (Å²) < 4.78 is 16.6. The topological polar surface area (TPSA) is 39.7 Å². The van der Waals surface area contributed by atoms with Crippen molar-refractivity contribution < 1.29 is 14.2 Å². The Bertz CT molecular complexity index is 420. The minimum Gasteiger partial charge on any atom is -0.496 e. The van der Waals surface area contributed by atoms with E-state index in [1.54, 1.807) is 14.2 Å². The second kappa shape index (κ2) is 5.48. The smallest absolute Gasteiger partial charge is 0.131 e. The van der Waals surface area contributed by atoms with Crippen LogP contribution in [-0.4, -0.2) is 26.9 Å². The van der Waals surface area contributed by atoms with E-state index < -0.39 is 0 Å². The van der Waals surface area contributed by atoms with Crippen LogP contribution in [0.15, 0.2) is 12.1 Å². The lowest BCUT2D eigenvalue weighted by molar-refractivity contribution is 0.163. The summed E-state index contributed by atoms with van der Waals surface area (Å²) in [7, 11) is 3.32. The lowest BCUT2D eigenvalue weighted by atomic mass is 9.95. The number of fused-ring (bicyclic) bond motifs is 1. The van der Waals surface area contributed by atoms with Crippen LogP contribution in [0.1, 0.15) is 31.9 Å². The van der Waals surface area contributed by atoms with Crippen molar-refractivity contribution in [2.45, 2.75) is 32.4 Å². The number of hydrogen-bond acceptors (Lipinski definition) is 4. The highest BCUT2D eigenvalue weighted by molar-refractivity contribution is 5.53. The fourth-order valence-electron chi connectivity index (χ4n) is 2.45. The third kappa shape index (κ3) is 2.38. The maximum Gasteiger partial charge on any atom is 0.131 e. The van der Waals surface area contributed by atoms with Crippen molar-refractivity contribution in [3.05, 3.63) is 17.7 Å². The molecule has 1 aromatic rings. The minimum absolute atomic E-state index is 0.193. The summed E-state index contributed by atoms with van der Waals surface area (Å²) in [6.07, 6.45) is 1.14. The van der Waals surface area contributed by atoms with E-state index in [0.717, 1.165) is 35.8 Å². The Morgan fingerprint density at radius 1 is 1.33 bits per heavy atom. The highest BCUT2D eigenvalue weighted by atomic mass is 16.5. The highest BCUT2D eigenvalue weighted by Gasteiger charge is 2.29. The van der Waals surface area contributed by atoms with Gasteiger partial charge in [0, 0.05) is 24.6 Å². The molecule has 0 fully saturated rings. The minimum atomic E-state index is 0.193. The first-order valence-electron chi connectivity index (χ1n) is 6.35. The van der Waals surface area contributed by atoms with Crippen molar-refractivity contribution in [3.63, 3.8) is 0 Å². The Morgan fingerprint density at radius 2 is 2.11 bits per heavy atom. The third-order valence-electron chi connectivity index (χ3n) is 3.23. The van der Waals surface area contributed by atoms with Gasteiger partial charge in [-0.05, 0) is 13.5 Å². The van der Waals surface area contributed by atoms with Crippen LogP contribution in [0.4, 0.5) is 0 Å². The zero-order chi connectivity index (χ0) is 13.1. The quantitative estimate of drug-likeness (QED) is 0.892. The van der Waals surface area contributed by atoms with Gasteiger partial charge in [0.25, 0.3) is 0 Å². The Hall–Kier alpha value is -1.42. The van der Waals surface area contributed by atoms with Crippen LogP contribution in [0.2, 0.25) is 0 Å². The van der Waals surface area contributed by atoms with Gasteiger partial charge in [-0.15, -0.1) is 0 Å². The largest absolute Gasteiger partial charge is 0.496 e. The van der Waals surface area contributed by atoms with E-state index in [1.165, 1.54) is 0 Å². The Kier molecular flexibility index (Phi) is 3.97. The van der Waals surface area contributed by atoms with Gasteiger partial charge in [-0.3, -0.25) is 0 Å². The van der Waals surface area contributed by atoms with Gasteiger partial charge in [0.05, 0.1) is 25.9 Å². The predicted octanol–water partition coefficient (Wildman–Crippen LogP) is 2.53. The highest BCUT2D eigenvalue weighted by Crippen LogP contribution is 2.43. The van der Waals surface area contributed by atoms with Gasteiger partial charge in [-0.2, -0.15) is 0 Å². The third-order valence-corrected chi connectivity index (χ3v) is 3.23. The number of methoxy groups -OCH3 is 2. The molecule has 2 unspecified atom stereocenters. The molecule has 1 aromatic carbocycles. The molecular formula is C14H21NO3. The van der Waals surface area contributed by atoms with Gasteiger partial charge in [-0.25, -0.2) is 0 Å². The number of hydrogen-bond donors (Lipinski definition) is 1.